The minimum Gasteiger partial charge on any atom is -0.341 e. The van der Waals surface area contributed by atoms with Gasteiger partial charge < -0.3 is 10.6 Å². The van der Waals surface area contributed by atoms with Crippen molar-refractivity contribution in [3.63, 3.8) is 0 Å². The first-order chi connectivity index (χ1) is 7.19. The average Bonchev–Trinajstić information content (AvgIpc) is 2.73. The van der Waals surface area contributed by atoms with Crippen LogP contribution in [-0.2, 0) is 4.79 Å². The zero-order valence-electron chi connectivity index (χ0n) is 10.0. The maximum atomic E-state index is 11.9. The fraction of sp³-hybridized carbons (Fsp3) is 0.917. The van der Waals surface area contributed by atoms with Crippen LogP contribution < -0.4 is 5.73 Å². The largest absolute Gasteiger partial charge is 0.341 e. The molecule has 1 aliphatic heterocycles. The predicted molar refractivity (Wildman–Crippen MR) is 62.5 cm³/mol. The van der Waals surface area contributed by atoms with E-state index in [0.717, 1.165) is 38.8 Å². The molecular weight excluding hydrogens is 188 g/mol. The molecule has 0 bridgehead atoms. The molecule has 0 radical (unpaired) electrons. The van der Waals surface area contributed by atoms with Gasteiger partial charge in [-0.25, -0.2) is 0 Å². The van der Waals surface area contributed by atoms with Crippen molar-refractivity contribution in [2.45, 2.75) is 52.0 Å². The quantitative estimate of drug-likeness (QED) is 0.755. The second kappa shape index (κ2) is 6.11. The molecule has 1 amide bonds. The summed E-state index contributed by atoms with van der Waals surface area (Å²) >= 11 is 0. The summed E-state index contributed by atoms with van der Waals surface area (Å²) in [5.41, 5.74) is 5.88. The predicted octanol–water partition coefficient (Wildman–Crippen LogP) is 1.76. The molecule has 2 unspecified atom stereocenters. The van der Waals surface area contributed by atoms with E-state index in [0.29, 0.717) is 5.92 Å². The molecule has 0 aromatic carbocycles. The highest BCUT2D eigenvalue weighted by molar-refractivity contribution is 5.81. The average molecular weight is 212 g/mol. The first-order valence-corrected chi connectivity index (χ1v) is 6.23. The van der Waals surface area contributed by atoms with Gasteiger partial charge in [-0.15, -0.1) is 0 Å². The SMILES string of the molecule is CCCCC(N)C(=O)N1CCC(CC)C1. The van der Waals surface area contributed by atoms with Gasteiger partial charge >= 0.3 is 0 Å². The van der Waals surface area contributed by atoms with Crippen molar-refractivity contribution in [2.75, 3.05) is 13.1 Å². The Kier molecular flexibility index (Phi) is 5.09. The van der Waals surface area contributed by atoms with Crippen LogP contribution in [0, 0.1) is 5.92 Å². The Hall–Kier alpha value is -0.570. The smallest absolute Gasteiger partial charge is 0.239 e. The number of rotatable bonds is 5. The first-order valence-electron chi connectivity index (χ1n) is 6.23. The molecule has 88 valence electrons. The Bertz CT molecular complexity index is 206. The van der Waals surface area contributed by atoms with Crippen LogP contribution >= 0.6 is 0 Å². The fourth-order valence-electron chi connectivity index (χ4n) is 2.15. The number of amides is 1. The van der Waals surface area contributed by atoms with Crippen molar-refractivity contribution in [3.05, 3.63) is 0 Å². The monoisotopic (exact) mass is 212 g/mol. The van der Waals surface area contributed by atoms with Crippen LogP contribution in [0.4, 0.5) is 0 Å². The summed E-state index contributed by atoms with van der Waals surface area (Å²) in [7, 11) is 0. The maximum Gasteiger partial charge on any atom is 0.239 e. The number of nitrogens with two attached hydrogens (primary N) is 1. The van der Waals surface area contributed by atoms with Gasteiger partial charge in [-0.05, 0) is 18.8 Å². The number of likely N-dealkylation sites (tertiary alicyclic amines) is 1. The molecule has 3 nitrogen and oxygen atoms in total. The van der Waals surface area contributed by atoms with E-state index >= 15 is 0 Å². The summed E-state index contributed by atoms with van der Waals surface area (Å²) in [6, 6.07) is -0.263. The van der Waals surface area contributed by atoms with E-state index in [9.17, 15) is 4.79 Å². The Balaban J connectivity index is 2.33. The van der Waals surface area contributed by atoms with Crippen molar-refractivity contribution in [2.24, 2.45) is 11.7 Å². The lowest BCUT2D eigenvalue weighted by Gasteiger charge is -2.20. The number of hydrogen-bond acceptors (Lipinski definition) is 2. The third-order valence-corrected chi connectivity index (χ3v) is 3.36. The number of carbonyl (C=O) groups excluding carboxylic acids is 1. The molecule has 3 heteroatoms. The Labute approximate surface area is 93.0 Å². The summed E-state index contributed by atoms with van der Waals surface area (Å²) in [5.74, 6) is 0.867. The molecule has 1 fully saturated rings. The highest BCUT2D eigenvalue weighted by atomic mass is 16.2. The first kappa shape index (κ1) is 12.5. The van der Waals surface area contributed by atoms with Gasteiger partial charge in [0, 0.05) is 13.1 Å². The number of nitrogens with zero attached hydrogens (tertiary/aromatic N) is 1. The molecule has 0 aliphatic carbocycles. The van der Waals surface area contributed by atoms with Gasteiger partial charge in [0.15, 0.2) is 0 Å². The van der Waals surface area contributed by atoms with E-state index in [2.05, 4.69) is 13.8 Å². The summed E-state index contributed by atoms with van der Waals surface area (Å²) in [6.45, 7) is 6.15. The zero-order chi connectivity index (χ0) is 11.3. The Morgan fingerprint density at radius 1 is 1.53 bits per heavy atom. The van der Waals surface area contributed by atoms with Gasteiger partial charge in [0.2, 0.25) is 5.91 Å². The lowest BCUT2D eigenvalue weighted by molar-refractivity contribution is -0.131. The molecule has 0 spiro atoms. The molecule has 1 rings (SSSR count). The van der Waals surface area contributed by atoms with E-state index in [1.165, 1.54) is 6.42 Å². The van der Waals surface area contributed by atoms with Gasteiger partial charge in [0.1, 0.15) is 0 Å². The van der Waals surface area contributed by atoms with E-state index in [1.807, 2.05) is 4.90 Å². The number of carbonyl (C=O) groups is 1. The third kappa shape index (κ3) is 3.49. The van der Waals surface area contributed by atoms with Gasteiger partial charge in [-0.3, -0.25) is 4.79 Å². The highest BCUT2D eigenvalue weighted by Crippen LogP contribution is 2.19. The lowest BCUT2D eigenvalue weighted by atomic mass is 10.1. The normalized spacial score (nSPS) is 23.1. The molecule has 1 heterocycles. The molecule has 2 N–H and O–H groups in total. The van der Waals surface area contributed by atoms with Gasteiger partial charge in [0.25, 0.3) is 0 Å². The molecule has 2 atom stereocenters. The summed E-state index contributed by atoms with van der Waals surface area (Å²) in [6.07, 6.45) is 5.33. The van der Waals surface area contributed by atoms with Gasteiger partial charge in [-0.2, -0.15) is 0 Å². The number of unbranched alkanes of at least 4 members (excludes halogenated alkanes) is 1. The molecular formula is C12H24N2O. The van der Waals surface area contributed by atoms with Crippen molar-refractivity contribution < 1.29 is 4.79 Å². The molecule has 1 saturated heterocycles. The van der Waals surface area contributed by atoms with E-state index < -0.39 is 0 Å². The van der Waals surface area contributed by atoms with Crippen molar-refractivity contribution >= 4 is 5.91 Å². The van der Waals surface area contributed by atoms with Crippen molar-refractivity contribution in [1.29, 1.82) is 0 Å². The second-order valence-electron chi connectivity index (χ2n) is 4.60. The molecule has 0 aromatic heterocycles. The van der Waals surface area contributed by atoms with Crippen LogP contribution in [-0.4, -0.2) is 29.9 Å². The summed E-state index contributed by atoms with van der Waals surface area (Å²) in [4.78, 5) is 13.9. The van der Waals surface area contributed by atoms with E-state index in [1.54, 1.807) is 0 Å². The zero-order valence-corrected chi connectivity index (χ0v) is 10.0. The number of hydrogen-bond donors (Lipinski definition) is 1. The van der Waals surface area contributed by atoms with Crippen LogP contribution in [0.1, 0.15) is 46.0 Å². The minimum atomic E-state index is -0.263. The topological polar surface area (TPSA) is 46.3 Å². The Morgan fingerprint density at radius 3 is 2.80 bits per heavy atom. The van der Waals surface area contributed by atoms with Gasteiger partial charge in [-0.1, -0.05) is 33.1 Å². The standard InChI is InChI=1S/C12H24N2O/c1-3-5-6-11(13)12(15)14-8-7-10(4-2)9-14/h10-11H,3-9,13H2,1-2H3. The van der Waals surface area contributed by atoms with Crippen LogP contribution in [0.5, 0.6) is 0 Å². The van der Waals surface area contributed by atoms with Gasteiger partial charge in [0.05, 0.1) is 6.04 Å². The van der Waals surface area contributed by atoms with Crippen LogP contribution in [0.15, 0.2) is 0 Å². The van der Waals surface area contributed by atoms with Crippen molar-refractivity contribution in [1.82, 2.24) is 4.90 Å². The summed E-state index contributed by atoms with van der Waals surface area (Å²) < 4.78 is 0. The molecule has 0 aromatic rings. The fourth-order valence-corrected chi connectivity index (χ4v) is 2.15. The van der Waals surface area contributed by atoms with Crippen LogP contribution in [0.3, 0.4) is 0 Å². The maximum absolute atomic E-state index is 11.9. The summed E-state index contributed by atoms with van der Waals surface area (Å²) in [5, 5.41) is 0. The van der Waals surface area contributed by atoms with Crippen molar-refractivity contribution in [3.8, 4) is 0 Å². The van der Waals surface area contributed by atoms with E-state index in [-0.39, 0.29) is 11.9 Å². The highest BCUT2D eigenvalue weighted by Gasteiger charge is 2.27. The second-order valence-corrected chi connectivity index (χ2v) is 4.60. The molecule has 15 heavy (non-hydrogen) atoms. The lowest BCUT2D eigenvalue weighted by Crippen LogP contribution is -2.42. The minimum absolute atomic E-state index is 0.166. The third-order valence-electron chi connectivity index (χ3n) is 3.36. The van der Waals surface area contributed by atoms with Crippen LogP contribution in [0.2, 0.25) is 0 Å². The molecule has 0 saturated carbocycles. The molecule has 1 aliphatic rings. The Morgan fingerprint density at radius 2 is 2.27 bits per heavy atom. The van der Waals surface area contributed by atoms with Crippen LogP contribution in [0.25, 0.3) is 0 Å². The van der Waals surface area contributed by atoms with E-state index in [4.69, 9.17) is 5.73 Å².